The van der Waals surface area contributed by atoms with Crippen LogP contribution in [0.25, 0.3) is 0 Å². The van der Waals surface area contributed by atoms with Crippen LogP contribution in [0, 0.1) is 11.8 Å². The number of fused-ring (bicyclic) bond motifs is 1. The lowest BCUT2D eigenvalue weighted by Gasteiger charge is -2.44. The number of aliphatic hydroxyl groups is 7. The van der Waals surface area contributed by atoms with Crippen LogP contribution in [0.5, 0.6) is 11.5 Å². The van der Waals surface area contributed by atoms with E-state index in [1.54, 1.807) is 24.3 Å². The van der Waals surface area contributed by atoms with Gasteiger partial charge in [0, 0.05) is 11.8 Å². The van der Waals surface area contributed by atoms with E-state index < -0.39 is 117 Å². The molecule has 51 heavy (non-hydrogen) atoms. The zero-order valence-electron chi connectivity index (χ0n) is 27.7. The quantitative estimate of drug-likeness (QED) is 0.0888. The normalized spacial score (nSPS) is 37.9. The Morgan fingerprint density at radius 1 is 0.922 bits per heavy atom. The molecule has 3 saturated heterocycles. The van der Waals surface area contributed by atoms with Crippen molar-refractivity contribution in [2.75, 3.05) is 20.3 Å². The van der Waals surface area contributed by atoms with Crippen LogP contribution in [0.1, 0.15) is 18.4 Å². The number of allylic oxidation sites excluding steroid dienone is 1. The molecular weight excluding hydrogens is 680 g/mol. The molecule has 0 aromatic heterocycles. The fourth-order valence-corrected chi connectivity index (χ4v) is 6.38. The van der Waals surface area contributed by atoms with Gasteiger partial charge in [0.05, 0.1) is 32.0 Å². The molecule has 4 heterocycles. The van der Waals surface area contributed by atoms with E-state index in [9.17, 15) is 45.3 Å². The first-order chi connectivity index (χ1) is 24.4. The van der Waals surface area contributed by atoms with Gasteiger partial charge >= 0.3 is 11.9 Å². The van der Waals surface area contributed by atoms with Gasteiger partial charge in [-0.3, -0.25) is 4.79 Å². The predicted molar refractivity (Wildman–Crippen MR) is 169 cm³/mol. The minimum absolute atomic E-state index is 0.0953. The molecule has 5 rings (SSSR count). The lowest BCUT2D eigenvalue weighted by atomic mass is 9.78. The number of methoxy groups -OCH3 is 1. The van der Waals surface area contributed by atoms with E-state index in [1.165, 1.54) is 13.2 Å². The van der Waals surface area contributed by atoms with E-state index in [4.69, 9.17) is 37.9 Å². The molecule has 1 unspecified atom stereocenters. The van der Waals surface area contributed by atoms with Crippen molar-refractivity contribution >= 4 is 11.9 Å². The summed E-state index contributed by atoms with van der Waals surface area (Å²) in [6, 6.07) is 5.05. The maximum Gasteiger partial charge on any atom is 0.337 e. The fraction of sp³-hybridized carbons (Fsp3) is 0.588. The maximum atomic E-state index is 12.9. The molecule has 0 saturated carbocycles. The second-order valence-corrected chi connectivity index (χ2v) is 12.6. The highest BCUT2D eigenvalue weighted by Gasteiger charge is 2.50. The van der Waals surface area contributed by atoms with E-state index in [1.807, 2.05) is 0 Å². The third-order valence-electron chi connectivity index (χ3n) is 9.25. The summed E-state index contributed by atoms with van der Waals surface area (Å²) in [5.74, 6) is -2.46. The van der Waals surface area contributed by atoms with Crippen LogP contribution in [0.15, 0.2) is 55.3 Å². The van der Waals surface area contributed by atoms with Gasteiger partial charge in [0.25, 0.3) is 0 Å². The van der Waals surface area contributed by atoms with E-state index >= 15 is 0 Å². The number of rotatable bonds is 13. The summed E-state index contributed by atoms with van der Waals surface area (Å²) < 4.78 is 44.4. The minimum Gasteiger partial charge on any atom is -0.493 e. The lowest BCUT2D eigenvalue weighted by Crippen LogP contribution is -2.60. The largest absolute Gasteiger partial charge is 0.493 e. The van der Waals surface area contributed by atoms with Crippen LogP contribution in [0.3, 0.4) is 0 Å². The van der Waals surface area contributed by atoms with E-state index in [0.717, 1.165) is 11.8 Å². The topological polar surface area (TPSA) is 250 Å². The smallest absolute Gasteiger partial charge is 0.337 e. The Morgan fingerprint density at radius 3 is 2.27 bits per heavy atom. The molecule has 7 N–H and O–H groups in total. The molecule has 0 amide bonds. The van der Waals surface area contributed by atoms with Crippen molar-refractivity contribution in [2.45, 2.75) is 93.1 Å². The number of ether oxygens (including phenoxy) is 8. The van der Waals surface area contributed by atoms with Crippen molar-refractivity contribution in [3.05, 3.63) is 60.9 Å². The summed E-state index contributed by atoms with van der Waals surface area (Å²) >= 11 is 0. The maximum absolute atomic E-state index is 12.9. The van der Waals surface area contributed by atoms with Crippen LogP contribution in [0.4, 0.5) is 0 Å². The summed E-state index contributed by atoms with van der Waals surface area (Å²) in [6.45, 7) is 6.29. The minimum atomic E-state index is -1.72. The van der Waals surface area contributed by atoms with Gasteiger partial charge < -0.3 is 73.6 Å². The highest BCUT2D eigenvalue weighted by Crippen LogP contribution is 2.41. The van der Waals surface area contributed by atoms with Crippen LogP contribution in [-0.2, 0) is 44.4 Å². The summed E-state index contributed by atoms with van der Waals surface area (Å²) in [7, 11) is 1.43. The second kappa shape index (κ2) is 16.8. The average Bonchev–Trinajstić information content (AvgIpc) is 3.11. The summed E-state index contributed by atoms with van der Waals surface area (Å²) in [6.07, 6.45) is -13.2. The molecule has 0 bridgehead atoms. The standard InChI is InChI=1S/C34H44O17/c1-4-6-15-7-8-20(21(9-15)44-3)48-33-29(41)28(40)26(38)23(50-33)14-45-24(36)11-16-10-18-17(5-2)32(46-13-19(18)31(43)47-16)51-34-30(42)27(39)25(37)22(12-35)49-34/h4-5,7-9,13,16-18,22-23,25-30,32-35,37-42H,1-2,6,10-12,14H2,3H3/t16-,17-,18?,22-,23-,25-,26-,27+,28+,29-,30-,32+,33-,34+/m1/s1. The van der Waals surface area contributed by atoms with Crippen molar-refractivity contribution in [1.82, 2.24) is 0 Å². The number of esters is 2. The van der Waals surface area contributed by atoms with E-state index in [0.29, 0.717) is 12.2 Å². The van der Waals surface area contributed by atoms with Crippen molar-refractivity contribution in [3.63, 3.8) is 0 Å². The van der Waals surface area contributed by atoms with Gasteiger partial charge in [0.1, 0.15) is 61.5 Å². The Labute approximate surface area is 292 Å². The van der Waals surface area contributed by atoms with Gasteiger partial charge in [0.2, 0.25) is 12.6 Å². The molecule has 4 aliphatic rings. The van der Waals surface area contributed by atoms with E-state index in [2.05, 4.69) is 13.2 Å². The predicted octanol–water partition coefficient (Wildman–Crippen LogP) is -1.67. The number of aliphatic hydroxyl groups excluding tert-OH is 7. The Bertz CT molecular complexity index is 1430. The van der Waals surface area contributed by atoms with E-state index in [-0.39, 0.29) is 17.7 Å². The second-order valence-electron chi connectivity index (χ2n) is 12.6. The summed E-state index contributed by atoms with van der Waals surface area (Å²) in [5.41, 5.74) is 1.02. The molecule has 1 aromatic carbocycles. The molecule has 17 nitrogen and oxygen atoms in total. The zero-order valence-corrected chi connectivity index (χ0v) is 27.7. The zero-order chi connectivity index (χ0) is 37.0. The van der Waals surface area contributed by atoms with Crippen molar-refractivity contribution in [3.8, 4) is 11.5 Å². The molecule has 14 atom stereocenters. The lowest BCUT2D eigenvalue weighted by molar-refractivity contribution is -0.339. The van der Waals surface area contributed by atoms with Crippen LogP contribution >= 0.6 is 0 Å². The summed E-state index contributed by atoms with van der Waals surface area (Å²) in [4.78, 5) is 25.8. The van der Waals surface area contributed by atoms with Gasteiger partial charge in [0.15, 0.2) is 17.8 Å². The first kappa shape index (κ1) is 38.6. The number of carbonyl (C=O) groups is 2. The number of carbonyl (C=O) groups excluding carboxylic acids is 2. The third-order valence-corrected chi connectivity index (χ3v) is 9.25. The Morgan fingerprint density at radius 2 is 1.61 bits per heavy atom. The van der Waals surface area contributed by atoms with Crippen molar-refractivity contribution < 1.29 is 83.2 Å². The molecule has 17 heteroatoms. The van der Waals surface area contributed by atoms with Crippen LogP contribution in [-0.4, -0.2) is 142 Å². The average molecular weight is 725 g/mol. The Hall–Kier alpha value is -3.62. The number of cyclic esters (lactones) is 1. The van der Waals surface area contributed by atoms with Gasteiger partial charge in [-0.1, -0.05) is 18.2 Å². The first-order valence-corrected chi connectivity index (χ1v) is 16.3. The Balaban J connectivity index is 1.18. The first-order valence-electron chi connectivity index (χ1n) is 16.3. The number of benzene rings is 1. The van der Waals surface area contributed by atoms with Crippen molar-refractivity contribution in [2.24, 2.45) is 11.8 Å². The van der Waals surface area contributed by atoms with Crippen LogP contribution in [0.2, 0.25) is 0 Å². The molecular formula is C34H44O17. The fourth-order valence-electron chi connectivity index (χ4n) is 6.38. The van der Waals surface area contributed by atoms with Crippen LogP contribution < -0.4 is 9.47 Å². The number of hydrogen-bond acceptors (Lipinski definition) is 17. The summed E-state index contributed by atoms with van der Waals surface area (Å²) in [5, 5.41) is 71.8. The number of hydrogen-bond donors (Lipinski definition) is 7. The van der Waals surface area contributed by atoms with Crippen molar-refractivity contribution in [1.29, 1.82) is 0 Å². The molecule has 0 radical (unpaired) electrons. The van der Waals surface area contributed by atoms with Gasteiger partial charge in [-0.05, 0) is 30.5 Å². The monoisotopic (exact) mass is 724 g/mol. The molecule has 4 aliphatic heterocycles. The molecule has 3 fully saturated rings. The highest BCUT2D eigenvalue weighted by atomic mass is 16.8. The SMILES string of the molecule is C=CCc1ccc(O[C@@H]2O[C@H](COC(=O)C[C@H]3CC4C(=CO[C@@H](O[C@@H]5O[C@H](CO)[C@@H](O)[C@H](O)[C@H]5O)[C@@H]4C=C)C(=O)O3)[C@@H](O)[C@H](O)[C@H]2O)c(OC)c1. The molecule has 0 spiro atoms. The molecule has 1 aromatic rings. The highest BCUT2D eigenvalue weighted by molar-refractivity contribution is 5.90. The van der Waals surface area contributed by atoms with Gasteiger partial charge in [-0.15, -0.1) is 13.2 Å². The Kier molecular flexibility index (Phi) is 12.7. The molecule has 282 valence electrons. The van der Waals surface area contributed by atoms with Gasteiger partial charge in [-0.2, -0.15) is 0 Å². The molecule has 0 aliphatic carbocycles. The van der Waals surface area contributed by atoms with Gasteiger partial charge in [-0.25, -0.2) is 4.79 Å². The third kappa shape index (κ3) is 8.38.